The molecule has 3 aromatic carbocycles. The van der Waals surface area contributed by atoms with Gasteiger partial charge in [-0.05, 0) is 52.1 Å². The van der Waals surface area contributed by atoms with E-state index in [4.69, 9.17) is 16.3 Å². The van der Waals surface area contributed by atoms with Crippen molar-refractivity contribution in [3.05, 3.63) is 111 Å². The van der Waals surface area contributed by atoms with Gasteiger partial charge in [0.1, 0.15) is 12.4 Å². The van der Waals surface area contributed by atoms with Crippen LogP contribution in [0.15, 0.2) is 77.8 Å². The van der Waals surface area contributed by atoms with Gasteiger partial charge in [0.05, 0.1) is 0 Å². The van der Waals surface area contributed by atoms with Crippen molar-refractivity contribution in [3.63, 3.8) is 0 Å². The number of hydrogen-bond acceptors (Lipinski definition) is 2. The van der Waals surface area contributed by atoms with Gasteiger partial charge in [0.2, 0.25) is 0 Å². The zero-order chi connectivity index (χ0) is 20.9. The van der Waals surface area contributed by atoms with Crippen LogP contribution in [0.5, 0.6) is 5.75 Å². The standard InChI is InChI=1S/C26H23BrClNO/c1-2-11-30-25-13-19(7-8-21-9-10-24(28)15-26(21)27)12-20(14-25)16-29-17-22-5-3-4-6-23(22)18-29/h2-10,12-15H,1,11,16-18H2/b8-7+. The zero-order valence-corrected chi connectivity index (χ0v) is 19.0. The van der Waals surface area contributed by atoms with Gasteiger partial charge >= 0.3 is 0 Å². The Morgan fingerprint density at radius 2 is 1.77 bits per heavy atom. The quantitative estimate of drug-likeness (QED) is 0.259. The first kappa shape index (κ1) is 20.9. The molecule has 0 saturated heterocycles. The lowest BCUT2D eigenvalue weighted by Crippen LogP contribution is -2.15. The molecule has 0 N–H and O–H groups in total. The van der Waals surface area contributed by atoms with Gasteiger partial charge in [0.25, 0.3) is 0 Å². The molecule has 0 aromatic heterocycles. The number of fused-ring (bicyclic) bond motifs is 1. The fourth-order valence-electron chi connectivity index (χ4n) is 3.71. The summed E-state index contributed by atoms with van der Waals surface area (Å²) < 4.78 is 6.83. The molecule has 4 rings (SSSR count). The van der Waals surface area contributed by atoms with Crippen LogP contribution in [0.25, 0.3) is 12.2 Å². The van der Waals surface area contributed by atoms with Crippen molar-refractivity contribution in [1.82, 2.24) is 4.90 Å². The monoisotopic (exact) mass is 479 g/mol. The first-order valence-electron chi connectivity index (χ1n) is 9.90. The average Bonchev–Trinajstić information content (AvgIpc) is 3.13. The smallest absolute Gasteiger partial charge is 0.120 e. The summed E-state index contributed by atoms with van der Waals surface area (Å²) in [6.07, 6.45) is 5.96. The van der Waals surface area contributed by atoms with E-state index in [9.17, 15) is 0 Å². The summed E-state index contributed by atoms with van der Waals surface area (Å²) in [5.74, 6) is 0.860. The highest BCUT2D eigenvalue weighted by atomic mass is 79.9. The number of nitrogens with zero attached hydrogens (tertiary/aromatic N) is 1. The second kappa shape index (κ2) is 9.65. The van der Waals surface area contributed by atoms with E-state index in [1.54, 1.807) is 6.08 Å². The number of rotatable bonds is 7. The zero-order valence-electron chi connectivity index (χ0n) is 16.7. The minimum Gasteiger partial charge on any atom is -0.490 e. The van der Waals surface area contributed by atoms with Gasteiger partial charge in [-0.3, -0.25) is 4.90 Å². The summed E-state index contributed by atoms with van der Waals surface area (Å²) in [7, 11) is 0. The van der Waals surface area contributed by atoms with E-state index in [1.807, 2.05) is 18.2 Å². The van der Waals surface area contributed by atoms with E-state index < -0.39 is 0 Å². The molecule has 0 aliphatic carbocycles. The average molecular weight is 481 g/mol. The molecule has 0 amide bonds. The largest absolute Gasteiger partial charge is 0.490 e. The van der Waals surface area contributed by atoms with Crippen LogP contribution in [-0.4, -0.2) is 11.5 Å². The second-order valence-electron chi connectivity index (χ2n) is 7.42. The Morgan fingerprint density at radius 3 is 2.47 bits per heavy atom. The normalized spacial score (nSPS) is 13.5. The van der Waals surface area contributed by atoms with Gasteiger partial charge in [0, 0.05) is 29.1 Å². The van der Waals surface area contributed by atoms with Crippen molar-refractivity contribution in [2.24, 2.45) is 0 Å². The first-order valence-corrected chi connectivity index (χ1v) is 11.1. The fourth-order valence-corrected chi connectivity index (χ4v) is 4.52. The van der Waals surface area contributed by atoms with Crippen LogP contribution in [0, 0.1) is 0 Å². The molecule has 2 nitrogen and oxygen atoms in total. The summed E-state index contributed by atoms with van der Waals surface area (Å²) in [4.78, 5) is 2.46. The number of halogens is 2. The third-order valence-electron chi connectivity index (χ3n) is 5.09. The Morgan fingerprint density at radius 1 is 1.00 bits per heavy atom. The van der Waals surface area contributed by atoms with Gasteiger partial charge in [-0.2, -0.15) is 0 Å². The van der Waals surface area contributed by atoms with Crippen molar-refractivity contribution in [2.45, 2.75) is 19.6 Å². The van der Waals surface area contributed by atoms with E-state index in [1.165, 1.54) is 16.7 Å². The molecule has 4 heteroatoms. The third kappa shape index (κ3) is 5.23. The van der Waals surface area contributed by atoms with E-state index in [0.29, 0.717) is 11.6 Å². The molecular formula is C26H23BrClNO. The SMILES string of the molecule is C=CCOc1cc(/C=C/c2ccc(Cl)cc2Br)cc(CN2Cc3ccccc3C2)c1. The Hall–Kier alpha value is -2.33. The maximum absolute atomic E-state index is 6.06. The summed E-state index contributed by atoms with van der Waals surface area (Å²) in [5.41, 5.74) is 6.26. The summed E-state index contributed by atoms with van der Waals surface area (Å²) in [6, 6.07) is 20.9. The third-order valence-corrected chi connectivity index (χ3v) is 6.01. The highest BCUT2D eigenvalue weighted by Gasteiger charge is 2.18. The van der Waals surface area contributed by atoms with Crippen LogP contribution < -0.4 is 4.74 Å². The molecule has 3 aromatic rings. The van der Waals surface area contributed by atoms with Crippen molar-refractivity contribution < 1.29 is 4.74 Å². The molecule has 30 heavy (non-hydrogen) atoms. The number of benzene rings is 3. The predicted molar refractivity (Wildman–Crippen MR) is 130 cm³/mol. The van der Waals surface area contributed by atoms with Crippen LogP contribution in [-0.2, 0) is 19.6 Å². The highest BCUT2D eigenvalue weighted by Crippen LogP contribution is 2.27. The maximum atomic E-state index is 6.06. The van der Waals surface area contributed by atoms with Crippen LogP contribution in [0.4, 0.5) is 0 Å². The summed E-state index contributed by atoms with van der Waals surface area (Å²) in [5, 5.41) is 0.716. The van der Waals surface area contributed by atoms with Crippen LogP contribution >= 0.6 is 27.5 Å². The Labute approximate surface area is 191 Å². The minimum absolute atomic E-state index is 0.491. The molecule has 0 bridgehead atoms. The lowest BCUT2D eigenvalue weighted by Gasteiger charge is -2.16. The minimum atomic E-state index is 0.491. The molecule has 1 aliphatic rings. The molecule has 0 saturated carbocycles. The van der Waals surface area contributed by atoms with Gasteiger partial charge < -0.3 is 4.74 Å². The molecule has 1 aliphatic heterocycles. The van der Waals surface area contributed by atoms with Crippen molar-refractivity contribution in [1.29, 1.82) is 0 Å². The van der Waals surface area contributed by atoms with E-state index in [0.717, 1.165) is 41.0 Å². The topological polar surface area (TPSA) is 12.5 Å². The van der Waals surface area contributed by atoms with Gasteiger partial charge in [-0.15, -0.1) is 0 Å². The van der Waals surface area contributed by atoms with Gasteiger partial charge in [-0.25, -0.2) is 0 Å². The molecule has 0 fully saturated rings. The highest BCUT2D eigenvalue weighted by molar-refractivity contribution is 9.10. The molecule has 0 radical (unpaired) electrons. The fraction of sp³-hybridized carbons (Fsp3) is 0.154. The Kier molecular flexibility index (Phi) is 6.73. The molecular weight excluding hydrogens is 458 g/mol. The summed E-state index contributed by atoms with van der Waals surface area (Å²) in [6.45, 7) is 7.09. The maximum Gasteiger partial charge on any atom is 0.120 e. The molecule has 152 valence electrons. The summed E-state index contributed by atoms with van der Waals surface area (Å²) >= 11 is 9.63. The van der Waals surface area contributed by atoms with E-state index >= 15 is 0 Å². The van der Waals surface area contributed by atoms with E-state index in [2.05, 4.69) is 82.0 Å². The van der Waals surface area contributed by atoms with E-state index in [-0.39, 0.29) is 0 Å². The van der Waals surface area contributed by atoms with Crippen LogP contribution in [0.2, 0.25) is 5.02 Å². The predicted octanol–water partition coefficient (Wildman–Crippen LogP) is 7.35. The molecule has 1 heterocycles. The Bertz CT molecular complexity index is 1070. The van der Waals surface area contributed by atoms with Crippen molar-refractivity contribution >= 4 is 39.7 Å². The van der Waals surface area contributed by atoms with Crippen LogP contribution in [0.3, 0.4) is 0 Å². The Balaban J connectivity index is 1.56. The second-order valence-corrected chi connectivity index (χ2v) is 8.71. The lowest BCUT2D eigenvalue weighted by atomic mass is 10.1. The van der Waals surface area contributed by atoms with Crippen LogP contribution in [0.1, 0.15) is 27.8 Å². The first-order chi connectivity index (χ1) is 14.6. The molecule has 0 spiro atoms. The van der Waals surface area contributed by atoms with Crippen molar-refractivity contribution in [3.8, 4) is 5.75 Å². The molecule has 0 unspecified atom stereocenters. The van der Waals surface area contributed by atoms with Gasteiger partial charge in [0.15, 0.2) is 0 Å². The number of hydrogen-bond donors (Lipinski definition) is 0. The van der Waals surface area contributed by atoms with Gasteiger partial charge in [-0.1, -0.05) is 88.7 Å². The molecule has 0 atom stereocenters. The van der Waals surface area contributed by atoms with Crippen molar-refractivity contribution in [2.75, 3.05) is 6.61 Å². The lowest BCUT2D eigenvalue weighted by molar-refractivity contribution is 0.274. The number of ether oxygens (including phenoxy) is 1.